The summed E-state index contributed by atoms with van der Waals surface area (Å²) < 4.78 is 32.9. The van der Waals surface area contributed by atoms with Crippen molar-refractivity contribution in [2.75, 3.05) is 40.3 Å². The molecular formula is C20H33N3O4S. The molecule has 1 atom stereocenters. The van der Waals surface area contributed by atoms with Crippen molar-refractivity contribution < 1.29 is 17.9 Å². The average Bonchev–Trinajstić information content (AvgIpc) is 2.70. The second-order valence-corrected chi connectivity index (χ2v) is 9.48. The Balaban J connectivity index is 1.80. The maximum atomic E-state index is 12.5. The van der Waals surface area contributed by atoms with E-state index in [-0.39, 0.29) is 18.4 Å². The summed E-state index contributed by atoms with van der Waals surface area (Å²) in [6.07, 6.45) is 4.02. The Labute approximate surface area is 169 Å². The summed E-state index contributed by atoms with van der Waals surface area (Å²) in [4.78, 5) is 12.5. The van der Waals surface area contributed by atoms with Crippen molar-refractivity contribution in [1.82, 2.24) is 13.9 Å². The molecule has 1 aromatic carbocycles. The Hall–Kier alpha value is -1.64. The van der Waals surface area contributed by atoms with Gasteiger partial charge >= 0.3 is 0 Å². The maximum Gasteiger partial charge on any atom is 0.281 e. The molecule has 0 saturated carbocycles. The molecule has 0 radical (unpaired) electrons. The van der Waals surface area contributed by atoms with Crippen LogP contribution in [0.25, 0.3) is 0 Å². The quantitative estimate of drug-likeness (QED) is 0.598. The lowest BCUT2D eigenvalue weighted by Crippen LogP contribution is -2.48. The maximum absolute atomic E-state index is 12.5. The number of rotatable bonds is 10. The van der Waals surface area contributed by atoms with E-state index in [1.807, 2.05) is 18.2 Å². The number of carbonyl (C=O) groups excluding carboxylic acids is 1. The van der Waals surface area contributed by atoms with Crippen LogP contribution in [-0.4, -0.2) is 63.3 Å². The highest BCUT2D eigenvalue weighted by Gasteiger charge is 2.33. The second-order valence-electron chi connectivity index (χ2n) is 7.34. The Morgan fingerprint density at radius 3 is 2.79 bits per heavy atom. The van der Waals surface area contributed by atoms with Gasteiger partial charge < -0.3 is 10.1 Å². The molecule has 28 heavy (non-hydrogen) atoms. The second kappa shape index (κ2) is 10.8. The minimum Gasteiger partial charge on any atom is -0.493 e. The van der Waals surface area contributed by atoms with Gasteiger partial charge in [-0.15, -0.1) is 0 Å². The molecule has 158 valence electrons. The van der Waals surface area contributed by atoms with Gasteiger partial charge in [0.05, 0.1) is 12.5 Å². The lowest BCUT2D eigenvalue weighted by atomic mass is 9.99. The lowest BCUT2D eigenvalue weighted by Gasteiger charge is -2.32. The van der Waals surface area contributed by atoms with E-state index in [1.165, 1.54) is 22.7 Å². The SMILES string of the molecule is CCCOc1ccccc1CCCNC(=O)[C@H]1CCCN(S(=O)(=O)N(C)C)C1. The molecule has 1 fully saturated rings. The number of nitrogens with one attached hydrogen (secondary N) is 1. The minimum absolute atomic E-state index is 0.0609. The summed E-state index contributed by atoms with van der Waals surface area (Å²) in [6.45, 7) is 4.06. The van der Waals surface area contributed by atoms with Crippen LogP contribution >= 0.6 is 0 Å². The number of ether oxygens (including phenoxy) is 1. The smallest absolute Gasteiger partial charge is 0.281 e. The summed E-state index contributed by atoms with van der Waals surface area (Å²) in [5, 5.41) is 2.97. The molecular weight excluding hydrogens is 378 g/mol. The van der Waals surface area contributed by atoms with Gasteiger partial charge in [-0.05, 0) is 43.7 Å². The van der Waals surface area contributed by atoms with E-state index in [9.17, 15) is 13.2 Å². The number of aryl methyl sites for hydroxylation is 1. The van der Waals surface area contributed by atoms with Crippen LogP contribution in [-0.2, 0) is 21.4 Å². The Morgan fingerprint density at radius 1 is 1.32 bits per heavy atom. The first-order valence-corrected chi connectivity index (χ1v) is 11.4. The third-order valence-electron chi connectivity index (χ3n) is 4.90. The highest BCUT2D eigenvalue weighted by atomic mass is 32.2. The van der Waals surface area contributed by atoms with E-state index >= 15 is 0 Å². The Bertz CT molecular complexity index is 737. The monoisotopic (exact) mass is 411 g/mol. The fourth-order valence-corrected chi connectivity index (χ4v) is 4.48. The number of para-hydroxylation sites is 1. The molecule has 1 saturated heterocycles. The number of hydrogen-bond donors (Lipinski definition) is 1. The van der Waals surface area contributed by atoms with Gasteiger partial charge in [-0.25, -0.2) is 0 Å². The van der Waals surface area contributed by atoms with Crippen molar-refractivity contribution >= 4 is 16.1 Å². The third-order valence-corrected chi connectivity index (χ3v) is 6.81. The zero-order valence-electron chi connectivity index (χ0n) is 17.2. The number of benzene rings is 1. The summed E-state index contributed by atoms with van der Waals surface area (Å²) in [5.74, 6) is 0.560. The van der Waals surface area contributed by atoms with Crippen LogP contribution in [0.15, 0.2) is 24.3 Å². The van der Waals surface area contributed by atoms with Gasteiger partial charge in [0, 0.05) is 33.7 Å². The molecule has 0 aromatic heterocycles. The predicted octanol–water partition coefficient (Wildman–Crippen LogP) is 2.04. The molecule has 7 nitrogen and oxygen atoms in total. The summed E-state index contributed by atoms with van der Waals surface area (Å²) in [6, 6.07) is 7.99. The fraction of sp³-hybridized carbons (Fsp3) is 0.650. The van der Waals surface area contributed by atoms with Gasteiger partial charge in [-0.2, -0.15) is 17.0 Å². The third kappa shape index (κ3) is 6.18. The van der Waals surface area contributed by atoms with Crippen molar-refractivity contribution in [3.05, 3.63) is 29.8 Å². The normalized spacial score (nSPS) is 18.2. The minimum atomic E-state index is -3.47. The number of carbonyl (C=O) groups is 1. The molecule has 1 aliphatic rings. The van der Waals surface area contributed by atoms with Gasteiger partial charge in [0.25, 0.3) is 10.2 Å². The zero-order chi connectivity index (χ0) is 20.6. The molecule has 1 N–H and O–H groups in total. The zero-order valence-corrected chi connectivity index (χ0v) is 18.0. The number of amides is 1. The van der Waals surface area contributed by atoms with Gasteiger partial charge in [0.2, 0.25) is 5.91 Å². The van der Waals surface area contributed by atoms with Crippen LogP contribution in [0.5, 0.6) is 5.75 Å². The topological polar surface area (TPSA) is 79.0 Å². The molecule has 0 aliphatic carbocycles. The fourth-order valence-electron chi connectivity index (χ4n) is 3.29. The molecule has 1 amide bonds. The van der Waals surface area contributed by atoms with E-state index in [0.29, 0.717) is 26.1 Å². The first-order chi connectivity index (χ1) is 13.4. The van der Waals surface area contributed by atoms with Gasteiger partial charge in [0.1, 0.15) is 5.75 Å². The van der Waals surface area contributed by atoms with Gasteiger partial charge in [-0.3, -0.25) is 4.79 Å². The van der Waals surface area contributed by atoms with E-state index in [4.69, 9.17) is 4.74 Å². The summed E-state index contributed by atoms with van der Waals surface area (Å²) >= 11 is 0. The van der Waals surface area contributed by atoms with Crippen LogP contribution < -0.4 is 10.1 Å². The van der Waals surface area contributed by atoms with Crippen LogP contribution in [0.3, 0.4) is 0 Å². The van der Waals surface area contributed by atoms with Crippen molar-refractivity contribution in [2.24, 2.45) is 5.92 Å². The molecule has 0 unspecified atom stereocenters. The van der Waals surface area contributed by atoms with Crippen LogP contribution in [0.4, 0.5) is 0 Å². The highest BCUT2D eigenvalue weighted by Crippen LogP contribution is 2.21. The number of piperidine rings is 1. The van der Waals surface area contributed by atoms with Gasteiger partial charge in [0.15, 0.2) is 0 Å². The predicted molar refractivity (Wildman–Crippen MR) is 110 cm³/mol. The van der Waals surface area contributed by atoms with Crippen molar-refractivity contribution in [3.63, 3.8) is 0 Å². The van der Waals surface area contributed by atoms with E-state index in [2.05, 4.69) is 18.3 Å². The highest BCUT2D eigenvalue weighted by molar-refractivity contribution is 7.86. The molecule has 1 aromatic rings. The molecule has 1 aliphatic heterocycles. The van der Waals surface area contributed by atoms with Crippen LogP contribution in [0.2, 0.25) is 0 Å². The van der Waals surface area contributed by atoms with E-state index in [1.54, 1.807) is 0 Å². The average molecular weight is 412 g/mol. The first-order valence-electron chi connectivity index (χ1n) is 10.0. The molecule has 8 heteroatoms. The van der Waals surface area contributed by atoms with E-state index < -0.39 is 10.2 Å². The van der Waals surface area contributed by atoms with E-state index in [0.717, 1.165) is 37.0 Å². The standard InChI is InChI=1S/C20H33N3O4S/c1-4-15-27-19-12-6-5-9-17(19)10-7-13-21-20(24)18-11-8-14-23(16-18)28(25,26)22(2)3/h5-6,9,12,18H,4,7-8,10-11,13-16H2,1-3H3,(H,21,24)/t18-/m0/s1. The Morgan fingerprint density at radius 2 is 2.07 bits per heavy atom. The summed E-state index contributed by atoms with van der Waals surface area (Å²) in [5.41, 5.74) is 1.14. The lowest BCUT2D eigenvalue weighted by molar-refractivity contribution is -0.126. The number of nitrogens with zero attached hydrogens (tertiary/aromatic N) is 2. The van der Waals surface area contributed by atoms with Crippen molar-refractivity contribution in [1.29, 1.82) is 0 Å². The van der Waals surface area contributed by atoms with Crippen molar-refractivity contribution in [3.8, 4) is 5.75 Å². The Kier molecular flexibility index (Phi) is 8.72. The summed E-state index contributed by atoms with van der Waals surface area (Å²) in [7, 11) is -0.437. The molecule has 0 spiro atoms. The van der Waals surface area contributed by atoms with Crippen LogP contribution in [0, 0.1) is 5.92 Å². The van der Waals surface area contributed by atoms with Gasteiger partial charge in [-0.1, -0.05) is 25.1 Å². The molecule has 2 rings (SSSR count). The first kappa shape index (κ1) is 22.6. The molecule has 1 heterocycles. The number of hydrogen-bond acceptors (Lipinski definition) is 4. The largest absolute Gasteiger partial charge is 0.493 e. The van der Waals surface area contributed by atoms with Crippen molar-refractivity contribution in [2.45, 2.75) is 39.0 Å². The molecule has 0 bridgehead atoms. The van der Waals surface area contributed by atoms with Crippen LogP contribution in [0.1, 0.15) is 38.2 Å².